The minimum atomic E-state index is -0.230. The fraction of sp³-hybridized carbons (Fsp3) is 0.0588. The van der Waals surface area contributed by atoms with Crippen molar-refractivity contribution in [1.82, 2.24) is 4.98 Å². The summed E-state index contributed by atoms with van der Waals surface area (Å²) in [5.41, 5.74) is 1.55. The number of benzene rings is 2. The molecule has 5 heteroatoms. The number of hydrogen-bond acceptors (Lipinski definition) is 3. The van der Waals surface area contributed by atoms with E-state index in [1.807, 2.05) is 24.3 Å². The molecule has 1 aromatic heterocycles. The van der Waals surface area contributed by atoms with E-state index in [1.54, 1.807) is 36.5 Å². The standard InChI is InChI=1S/C17H13ClN2O2/c18-12-5-7-13(8-6-12)22-11-17(21)20-16-9-10-19-15-4-2-1-3-14(15)16/h1-10H,11H2,(H,19,20,21). The number of carbonyl (C=O) groups excluding carboxylic acids is 1. The number of fused-ring (bicyclic) bond motifs is 1. The molecule has 4 nitrogen and oxygen atoms in total. The van der Waals surface area contributed by atoms with Gasteiger partial charge < -0.3 is 10.1 Å². The van der Waals surface area contributed by atoms with Gasteiger partial charge in [-0.3, -0.25) is 9.78 Å². The number of nitrogens with one attached hydrogen (secondary N) is 1. The Morgan fingerprint density at radius 1 is 1.09 bits per heavy atom. The van der Waals surface area contributed by atoms with Crippen molar-refractivity contribution in [3.05, 3.63) is 65.8 Å². The lowest BCUT2D eigenvalue weighted by Gasteiger charge is -2.09. The maximum Gasteiger partial charge on any atom is 0.262 e. The van der Waals surface area contributed by atoms with Crippen molar-refractivity contribution in [2.75, 3.05) is 11.9 Å². The highest BCUT2D eigenvalue weighted by Gasteiger charge is 2.07. The van der Waals surface area contributed by atoms with E-state index in [-0.39, 0.29) is 12.5 Å². The van der Waals surface area contributed by atoms with Crippen LogP contribution in [0.3, 0.4) is 0 Å². The monoisotopic (exact) mass is 312 g/mol. The Hall–Kier alpha value is -2.59. The molecule has 0 saturated heterocycles. The Bertz CT molecular complexity index is 798. The summed E-state index contributed by atoms with van der Waals surface area (Å²) in [6.07, 6.45) is 1.66. The Morgan fingerprint density at radius 3 is 2.68 bits per heavy atom. The number of rotatable bonds is 4. The number of ether oxygens (including phenoxy) is 1. The van der Waals surface area contributed by atoms with Crippen LogP contribution in [-0.4, -0.2) is 17.5 Å². The lowest BCUT2D eigenvalue weighted by molar-refractivity contribution is -0.118. The third-order valence-corrected chi connectivity index (χ3v) is 3.36. The number of hydrogen-bond donors (Lipinski definition) is 1. The molecule has 0 spiro atoms. The molecule has 0 aliphatic rings. The molecule has 3 rings (SSSR count). The number of halogens is 1. The summed E-state index contributed by atoms with van der Waals surface area (Å²) in [6.45, 7) is -0.0711. The number of pyridine rings is 1. The molecule has 1 amide bonds. The van der Waals surface area contributed by atoms with Gasteiger partial charge >= 0.3 is 0 Å². The molecular weight excluding hydrogens is 300 g/mol. The van der Waals surface area contributed by atoms with Crippen LogP contribution in [0.25, 0.3) is 10.9 Å². The summed E-state index contributed by atoms with van der Waals surface area (Å²) < 4.78 is 5.42. The quantitative estimate of drug-likeness (QED) is 0.794. The van der Waals surface area contributed by atoms with Crippen molar-refractivity contribution < 1.29 is 9.53 Å². The van der Waals surface area contributed by atoms with E-state index in [4.69, 9.17) is 16.3 Å². The molecule has 3 aromatic rings. The Balaban J connectivity index is 1.67. The average molecular weight is 313 g/mol. The van der Waals surface area contributed by atoms with Crippen LogP contribution in [0.2, 0.25) is 5.02 Å². The Kier molecular flexibility index (Phi) is 4.21. The third-order valence-electron chi connectivity index (χ3n) is 3.11. The van der Waals surface area contributed by atoms with Gasteiger partial charge in [0.25, 0.3) is 5.91 Å². The second kappa shape index (κ2) is 6.45. The summed E-state index contributed by atoms with van der Waals surface area (Å²) in [5, 5.41) is 4.35. The first-order valence-electron chi connectivity index (χ1n) is 6.74. The van der Waals surface area contributed by atoms with Crippen LogP contribution in [0.5, 0.6) is 5.75 Å². The van der Waals surface area contributed by atoms with Gasteiger partial charge in [0.05, 0.1) is 11.2 Å². The number of nitrogens with zero attached hydrogens (tertiary/aromatic N) is 1. The summed E-state index contributed by atoms with van der Waals surface area (Å²) in [4.78, 5) is 16.3. The molecule has 0 aliphatic heterocycles. The molecule has 0 bridgehead atoms. The second-order valence-electron chi connectivity index (χ2n) is 4.67. The van der Waals surface area contributed by atoms with Crippen LogP contribution in [0.15, 0.2) is 60.8 Å². The fourth-order valence-electron chi connectivity index (χ4n) is 2.07. The highest BCUT2D eigenvalue weighted by molar-refractivity contribution is 6.30. The smallest absolute Gasteiger partial charge is 0.262 e. The average Bonchev–Trinajstić information content (AvgIpc) is 2.55. The number of carbonyl (C=O) groups is 1. The highest BCUT2D eigenvalue weighted by atomic mass is 35.5. The van der Waals surface area contributed by atoms with Crippen LogP contribution in [0.4, 0.5) is 5.69 Å². The first-order chi connectivity index (χ1) is 10.7. The summed E-state index contributed by atoms with van der Waals surface area (Å²) in [7, 11) is 0. The molecule has 0 atom stereocenters. The lowest BCUT2D eigenvalue weighted by atomic mass is 10.2. The van der Waals surface area contributed by atoms with Crippen molar-refractivity contribution in [2.45, 2.75) is 0 Å². The van der Waals surface area contributed by atoms with E-state index >= 15 is 0 Å². The minimum Gasteiger partial charge on any atom is -0.484 e. The van der Waals surface area contributed by atoms with Crippen LogP contribution in [0.1, 0.15) is 0 Å². The number of para-hydroxylation sites is 1. The molecule has 0 aliphatic carbocycles. The zero-order valence-electron chi connectivity index (χ0n) is 11.6. The maximum atomic E-state index is 12.0. The van der Waals surface area contributed by atoms with E-state index in [2.05, 4.69) is 10.3 Å². The van der Waals surface area contributed by atoms with Gasteiger partial charge in [-0.25, -0.2) is 0 Å². The van der Waals surface area contributed by atoms with Crippen molar-refractivity contribution in [3.63, 3.8) is 0 Å². The molecule has 22 heavy (non-hydrogen) atoms. The highest BCUT2D eigenvalue weighted by Crippen LogP contribution is 2.21. The molecule has 0 radical (unpaired) electrons. The normalized spacial score (nSPS) is 10.4. The van der Waals surface area contributed by atoms with Gasteiger partial charge in [-0.1, -0.05) is 29.8 Å². The van der Waals surface area contributed by atoms with Gasteiger partial charge in [0.15, 0.2) is 6.61 Å². The van der Waals surface area contributed by atoms with Crippen molar-refractivity contribution >= 4 is 34.1 Å². The maximum absolute atomic E-state index is 12.0. The Labute approximate surface area is 132 Å². The molecular formula is C17H13ClN2O2. The topological polar surface area (TPSA) is 51.2 Å². The number of amides is 1. The van der Waals surface area contributed by atoms with Crippen molar-refractivity contribution in [2.24, 2.45) is 0 Å². The largest absolute Gasteiger partial charge is 0.484 e. The lowest BCUT2D eigenvalue weighted by Crippen LogP contribution is -2.20. The first-order valence-corrected chi connectivity index (χ1v) is 7.12. The molecule has 0 fully saturated rings. The van der Waals surface area contributed by atoms with E-state index in [0.717, 1.165) is 16.6 Å². The molecule has 1 heterocycles. The fourth-order valence-corrected chi connectivity index (χ4v) is 2.20. The molecule has 2 aromatic carbocycles. The second-order valence-corrected chi connectivity index (χ2v) is 5.10. The molecule has 0 unspecified atom stereocenters. The van der Waals surface area contributed by atoms with Gasteiger partial charge in [-0.2, -0.15) is 0 Å². The van der Waals surface area contributed by atoms with Gasteiger partial charge in [-0.05, 0) is 36.4 Å². The van der Waals surface area contributed by atoms with E-state index in [0.29, 0.717) is 10.8 Å². The van der Waals surface area contributed by atoms with Gasteiger partial charge in [0, 0.05) is 16.6 Å². The van der Waals surface area contributed by atoms with Crippen LogP contribution >= 0.6 is 11.6 Å². The summed E-state index contributed by atoms with van der Waals surface area (Å²) in [6, 6.07) is 16.3. The van der Waals surface area contributed by atoms with Gasteiger partial charge in [0.2, 0.25) is 0 Å². The molecule has 1 N–H and O–H groups in total. The summed E-state index contributed by atoms with van der Waals surface area (Å²) in [5.74, 6) is 0.366. The minimum absolute atomic E-state index is 0.0711. The summed E-state index contributed by atoms with van der Waals surface area (Å²) >= 11 is 5.80. The van der Waals surface area contributed by atoms with E-state index in [1.165, 1.54) is 0 Å². The predicted molar refractivity (Wildman–Crippen MR) is 87.3 cm³/mol. The van der Waals surface area contributed by atoms with Gasteiger partial charge in [-0.15, -0.1) is 0 Å². The van der Waals surface area contributed by atoms with Gasteiger partial charge in [0.1, 0.15) is 5.75 Å². The molecule has 0 saturated carbocycles. The zero-order chi connectivity index (χ0) is 15.4. The van der Waals surface area contributed by atoms with Crippen LogP contribution in [0, 0.1) is 0 Å². The van der Waals surface area contributed by atoms with E-state index in [9.17, 15) is 4.79 Å². The first kappa shape index (κ1) is 14.4. The number of anilines is 1. The Morgan fingerprint density at radius 2 is 1.86 bits per heavy atom. The molecule has 110 valence electrons. The number of aromatic nitrogens is 1. The SMILES string of the molecule is O=C(COc1ccc(Cl)cc1)Nc1ccnc2ccccc12. The van der Waals surface area contributed by atoms with Crippen LogP contribution in [-0.2, 0) is 4.79 Å². The van der Waals surface area contributed by atoms with Crippen molar-refractivity contribution in [3.8, 4) is 5.75 Å². The van der Waals surface area contributed by atoms with Crippen molar-refractivity contribution in [1.29, 1.82) is 0 Å². The predicted octanol–water partition coefficient (Wildman–Crippen LogP) is 3.91. The zero-order valence-corrected chi connectivity index (χ0v) is 12.4. The van der Waals surface area contributed by atoms with E-state index < -0.39 is 0 Å². The third kappa shape index (κ3) is 3.35. The van der Waals surface area contributed by atoms with Crippen LogP contribution < -0.4 is 10.1 Å².